The lowest BCUT2D eigenvalue weighted by molar-refractivity contribution is 0.226. The van der Waals surface area contributed by atoms with Crippen molar-refractivity contribution >= 4 is 12.7 Å². The van der Waals surface area contributed by atoms with E-state index in [1.54, 1.807) is 0 Å². The van der Waals surface area contributed by atoms with Crippen LogP contribution in [0.2, 0.25) is 0 Å². The first-order valence-electron chi connectivity index (χ1n) is 6.04. The van der Waals surface area contributed by atoms with Crippen molar-refractivity contribution in [2.24, 2.45) is 0 Å². The van der Waals surface area contributed by atoms with E-state index < -0.39 is 12.6 Å². The molecule has 2 rings (SSSR count). The van der Waals surface area contributed by atoms with E-state index in [1.807, 2.05) is 61.5 Å². The van der Waals surface area contributed by atoms with Gasteiger partial charge in [0.1, 0.15) is 0 Å². The van der Waals surface area contributed by atoms with Crippen LogP contribution in [0.15, 0.2) is 48.6 Å². The lowest BCUT2D eigenvalue weighted by atomic mass is 9.60. The molecule has 1 aliphatic carbocycles. The van der Waals surface area contributed by atoms with Crippen LogP contribution < -0.4 is 0 Å². The van der Waals surface area contributed by atoms with Gasteiger partial charge in [0.2, 0.25) is 0 Å². The first kappa shape index (κ1) is 13.1. The molecule has 2 N–H and O–H groups in total. The van der Waals surface area contributed by atoms with Gasteiger partial charge in [-0.05, 0) is 31.7 Å². The number of allylic oxidation sites excluding steroid dienone is 2. The van der Waals surface area contributed by atoms with E-state index >= 15 is 0 Å². The maximum atomic E-state index is 9.59. The molecule has 0 spiro atoms. The second kappa shape index (κ2) is 5.10. The second-order valence-corrected chi connectivity index (χ2v) is 4.82. The number of likely N-dealkylation sites (N-methyl/N-ethyl adjacent to an activating group) is 1. The summed E-state index contributed by atoms with van der Waals surface area (Å²) < 4.78 is 0. The fourth-order valence-corrected chi connectivity index (χ4v) is 2.24. The van der Waals surface area contributed by atoms with E-state index in [-0.39, 0.29) is 0 Å². The van der Waals surface area contributed by atoms with Gasteiger partial charge in [0.15, 0.2) is 0 Å². The topological polar surface area (TPSA) is 43.7 Å². The lowest BCUT2D eigenvalue weighted by Gasteiger charge is -2.37. The lowest BCUT2D eigenvalue weighted by Crippen LogP contribution is -2.55. The SMILES string of the molecule is CN(C)C1(B(O)O)C=CC(c2ccccc2)=CC1. The number of hydrogen-bond acceptors (Lipinski definition) is 3. The van der Waals surface area contributed by atoms with Gasteiger partial charge in [0, 0.05) is 0 Å². The zero-order valence-electron chi connectivity index (χ0n) is 10.7. The monoisotopic (exact) mass is 243 g/mol. The molecular formula is C14H18BNO2. The van der Waals surface area contributed by atoms with Gasteiger partial charge in [-0.15, -0.1) is 0 Å². The van der Waals surface area contributed by atoms with Gasteiger partial charge < -0.3 is 14.9 Å². The van der Waals surface area contributed by atoms with Crippen LogP contribution in [-0.4, -0.2) is 41.6 Å². The van der Waals surface area contributed by atoms with E-state index in [2.05, 4.69) is 6.08 Å². The Bertz CT molecular complexity index is 458. The number of rotatable bonds is 3. The Morgan fingerprint density at radius 2 is 1.83 bits per heavy atom. The van der Waals surface area contributed by atoms with E-state index in [1.165, 1.54) is 0 Å². The molecule has 0 radical (unpaired) electrons. The van der Waals surface area contributed by atoms with Gasteiger partial charge in [-0.25, -0.2) is 0 Å². The third-order valence-electron chi connectivity index (χ3n) is 3.59. The van der Waals surface area contributed by atoms with Crippen molar-refractivity contribution in [3.63, 3.8) is 0 Å². The predicted molar refractivity (Wildman–Crippen MR) is 74.8 cm³/mol. The first-order chi connectivity index (χ1) is 8.56. The molecular weight excluding hydrogens is 225 g/mol. The molecule has 0 aromatic heterocycles. The third-order valence-corrected chi connectivity index (χ3v) is 3.59. The predicted octanol–water partition coefficient (Wildman–Crippen LogP) is 1.34. The van der Waals surface area contributed by atoms with Gasteiger partial charge in [-0.2, -0.15) is 0 Å². The summed E-state index contributed by atoms with van der Waals surface area (Å²) in [6.07, 6.45) is 6.46. The maximum absolute atomic E-state index is 9.59. The fraction of sp³-hybridized carbons (Fsp3) is 0.286. The molecule has 1 aromatic carbocycles. The highest BCUT2D eigenvalue weighted by molar-refractivity contribution is 6.46. The van der Waals surface area contributed by atoms with Crippen LogP contribution in [-0.2, 0) is 0 Å². The number of hydrogen-bond donors (Lipinski definition) is 2. The van der Waals surface area contributed by atoms with E-state index in [9.17, 15) is 10.0 Å². The Balaban J connectivity index is 2.26. The van der Waals surface area contributed by atoms with E-state index in [0.29, 0.717) is 6.42 Å². The minimum atomic E-state index is -1.39. The third kappa shape index (κ3) is 2.27. The molecule has 0 amide bonds. The van der Waals surface area contributed by atoms with Crippen LogP contribution in [0.5, 0.6) is 0 Å². The molecule has 0 saturated carbocycles. The van der Waals surface area contributed by atoms with E-state index in [4.69, 9.17) is 0 Å². The normalized spacial score (nSPS) is 23.1. The van der Waals surface area contributed by atoms with Crippen molar-refractivity contribution in [2.45, 2.75) is 11.9 Å². The quantitative estimate of drug-likeness (QED) is 0.787. The van der Waals surface area contributed by atoms with Crippen LogP contribution in [0.4, 0.5) is 0 Å². The molecule has 94 valence electrons. The standard InChI is InChI=1S/C14H18BNO2/c1-16(2)14(15(17)18)10-8-13(9-11-14)12-6-4-3-5-7-12/h3-10,17-18H,11H2,1-2H3. The van der Waals surface area contributed by atoms with Crippen LogP contribution in [0, 0.1) is 0 Å². The largest absolute Gasteiger partial charge is 0.477 e. The summed E-state index contributed by atoms with van der Waals surface area (Å²) in [4.78, 5) is 1.84. The Labute approximate surface area is 108 Å². The Morgan fingerprint density at radius 3 is 2.28 bits per heavy atom. The molecule has 0 fully saturated rings. The summed E-state index contributed by atoms with van der Waals surface area (Å²) >= 11 is 0. The van der Waals surface area contributed by atoms with Crippen LogP contribution >= 0.6 is 0 Å². The molecule has 1 aliphatic rings. The number of nitrogens with zero attached hydrogens (tertiary/aromatic N) is 1. The molecule has 3 nitrogen and oxygen atoms in total. The van der Waals surface area contributed by atoms with Crippen LogP contribution in [0.3, 0.4) is 0 Å². The summed E-state index contributed by atoms with van der Waals surface area (Å²) in [7, 11) is 2.31. The van der Waals surface area contributed by atoms with Gasteiger partial charge in [0.25, 0.3) is 0 Å². The highest BCUT2D eigenvalue weighted by Gasteiger charge is 2.42. The highest BCUT2D eigenvalue weighted by Crippen LogP contribution is 2.30. The average molecular weight is 243 g/mol. The number of benzene rings is 1. The van der Waals surface area contributed by atoms with Crippen LogP contribution in [0.1, 0.15) is 12.0 Å². The molecule has 1 aromatic rings. The summed E-state index contributed by atoms with van der Waals surface area (Å²) in [5.74, 6) is 0. The fourth-order valence-electron chi connectivity index (χ4n) is 2.24. The zero-order chi connectivity index (χ0) is 13.2. The summed E-state index contributed by atoms with van der Waals surface area (Å²) in [6, 6.07) is 10.1. The van der Waals surface area contributed by atoms with Gasteiger partial charge in [0.05, 0.1) is 5.44 Å². The van der Waals surface area contributed by atoms with Crippen molar-refractivity contribution in [1.29, 1.82) is 0 Å². The van der Waals surface area contributed by atoms with Crippen molar-refractivity contribution in [2.75, 3.05) is 14.1 Å². The molecule has 1 atom stereocenters. The highest BCUT2D eigenvalue weighted by atomic mass is 16.4. The average Bonchev–Trinajstić information content (AvgIpc) is 2.39. The van der Waals surface area contributed by atoms with Crippen molar-refractivity contribution in [1.82, 2.24) is 4.90 Å². The van der Waals surface area contributed by atoms with Gasteiger partial charge in [-0.1, -0.05) is 48.6 Å². The van der Waals surface area contributed by atoms with Gasteiger partial charge >= 0.3 is 7.12 Å². The molecule has 0 heterocycles. The van der Waals surface area contributed by atoms with Gasteiger partial charge in [-0.3, -0.25) is 0 Å². The van der Waals surface area contributed by atoms with E-state index in [0.717, 1.165) is 11.1 Å². The minimum absolute atomic E-state index is 0.582. The van der Waals surface area contributed by atoms with Crippen molar-refractivity contribution < 1.29 is 10.0 Å². The van der Waals surface area contributed by atoms with Crippen molar-refractivity contribution in [3.8, 4) is 0 Å². The molecule has 18 heavy (non-hydrogen) atoms. The Kier molecular flexibility index (Phi) is 3.71. The Hall–Kier alpha value is -1.36. The summed E-state index contributed by atoms with van der Waals surface area (Å²) in [5, 5.41) is 19.2. The molecule has 0 aliphatic heterocycles. The molecule has 0 saturated heterocycles. The zero-order valence-corrected chi connectivity index (χ0v) is 10.7. The summed E-state index contributed by atoms with van der Waals surface area (Å²) in [6.45, 7) is 0. The maximum Gasteiger partial charge on any atom is 0.477 e. The summed E-state index contributed by atoms with van der Waals surface area (Å²) in [5.41, 5.74) is 1.54. The van der Waals surface area contributed by atoms with Crippen LogP contribution in [0.25, 0.3) is 5.57 Å². The smallest absolute Gasteiger partial charge is 0.426 e. The molecule has 1 unspecified atom stereocenters. The molecule has 0 bridgehead atoms. The first-order valence-corrected chi connectivity index (χ1v) is 6.04. The second-order valence-electron chi connectivity index (χ2n) is 4.82. The minimum Gasteiger partial charge on any atom is -0.426 e. The Morgan fingerprint density at radius 1 is 1.17 bits per heavy atom. The van der Waals surface area contributed by atoms with Crippen molar-refractivity contribution in [3.05, 3.63) is 54.1 Å². The molecule has 4 heteroatoms.